The Balaban J connectivity index is 1.61. The largest absolute Gasteiger partial charge is 0.354 e. The number of rotatable bonds is 6. The molecule has 1 aliphatic rings. The molecule has 6 nitrogen and oxygen atoms in total. The summed E-state index contributed by atoms with van der Waals surface area (Å²) in [6, 6.07) is 10.0. The molecule has 2 aromatic rings. The minimum absolute atomic E-state index is 0.307. The molecule has 3 rings (SSSR count). The van der Waals surface area contributed by atoms with Crippen LogP contribution in [0.4, 0.5) is 4.79 Å². The highest BCUT2D eigenvalue weighted by atomic mass is 35.5. The van der Waals surface area contributed by atoms with Crippen LogP contribution in [-0.2, 0) is 21.5 Å². The van der Waals surface area contributed by atoms with Gasteiger partial charge in [0.05, 0.1) is 0 Å². The van der Waals surface area contributed by atoms with E-state index in [4.69, 9.17) is 11.6 Å². The monoisotopic (exact) mass is 391 g/mol. The summed E-state index contributed by atoms with van der Waals surface area (Å²) >= 11 is 7.49. The first-order valence-electron chi connectivity index (χ1n) is 8.09. The second-order valence-corrected chi connectivity index (χ2v) is 7.60. The van der Waals surface area contributed by atoms with Crippen molar-refractivity contribution in [1.82, 2.24) is 15.5 Å². The number of benzene rings is 1. The van der Waals surface area contributed by atoms with Gasteiger partial charge < -0.3 is 10.6 Å². The fraction of sp³-hybridized carbons (Fsp3) is 0.278. The fourth-order valence-corrected chi connectivity index (χ4v) is 3.63. The molecule has 1 aliphatic heterocycles. The van der Waals surface area contributed by atoms with E-state index < -0.39 is 17.5 Å². The van der Waals surface area contributed by atoms with Crippen LogP contribution in [0.25, 0.3) is 0 Å². The van der Waals surface area contributed by atoms with Gasteiger partial charge in [0.25, 0.3) is 5.91 Å². The summed E-state index contributed by atoms with van der Waals surface area (Å²) < 4.78 is 0. The number of thiophene rings is 1. The SMILES string of the molecule is C[C@]1(c2ccc(Cl)cc2)NC(=O)N(CC(=O)NCCc2cccs2)C1=O. The van der Waals surface area contributed by atoms with Gasteiger partial charge in [-0.3, -0.25) is 14.5 Å². The van der Waals surface area contributed by atoms with Crippen molar-refractivity contribution in [3.63, 3.8) is 0 Å². The van der Waals surface area contributed by atoms with Gasteiger partial charge in [-0.05, 0) is 42.5 Å². The van der Waals surface area contributed by atoms with Crippen molar-refractivity contribution in [2.75, 3.05) is 13.1 Å². The normalized spacial score (nSPS) is 19.5. The minimum atomic E-state index is -1.21. The first kappa shape index (κ1) is 18.4. The van der Waals surface area contributed by atoms with E-state index in [9.17, 15) is 14.4 Å². The molecule has 0 radical (unpaired) electrons. The molecule has 0 spiro atoms. The third-order valence-electron chi connectivity index (χ3n) is 4.27. The highest BCUT2D eigenvalue weighted by molar-refractivity contribution is 7.09. The zero-order valence-corrected chi connectivity index (χ0v) is 15.7. The Bertz CT molecular complexity index is 823. The summed E-state index contributed by atoms with van der Waals surface area (Å²) in [6.45, 7) is 1.76. The number of urea groups is 1. The van der Waals surface area contributed by atoms with Crippen LogP contribution >= 0.6 is 22.9 Å². The summed E-state index contributed by atoms with van der Waals surface area (Å²) in [5.74, 6) is -0.830. The minimum Gasteiger partial charge on any atom is -0.354 e. The standard InChI is InChI=1S/C18H18ClN3O3S/c1-18(12-4-6-13(19)7-5-12)16(24)22(17(25)21-18)11-15(23)20-9-8-14-3-2-10-26-14/h2-7,10H,8-9,11H2,1H3,(H,20,23)(H,21,25)/t18-/m1/s1. The lowest BCUT2D eigenvalue weighted by molar-refractivity contribution is -0.134. The van der Waals surface area contributed by atoms with Crippen LogP contribution in [0.15, 0.2) is 41.8 Å². The molecule has 1 atom stereocenters. The van der Waals surface area contributed by atoms with Gasteiger partial charge in [0.1, 0.15) is 12.1 Å². The van der Waals surface area contributed by atoms with Crippen LogP contribution in [0, 0.1) is 0 Å². The average molecular weight is 392 g/mol. The van der Waals surface area contributed by atoms with Gasteiger partial charge in [-0.2, -0.15) is 0 Å². The number of amides is 4. The predicted molar refractivity (Wildman–Crippen MR) is 100 cm³/mol. The smallest absolute Gasteiger partial charge is 0.325 e. The summed E-state index contributed by atoms with van der Waals surface area (Å²) in [5.41, 5.74) is -0.598. The van der Waals surface area contributed by atoms with E-state index in [1.165, 1.54) is 0 Å². The number of nitrogens with zero attached hydrogens (tertiary/aromatic N) is 1. The van der Waals surface area contributed by atoms with Crippen LogP contribution in [0.5, 0.6) is 0 Å². The molecule has 2 heterocycles. The predicted octanol–water partition coefficient (Wildman–Crippen LogP) is 2.53. The lowest BCUT2D eigenvalue weighted by Crippen LogP contribution is -2.43. The zero-order valence-electron chi connectivity index (χ0n) is 14.1. The van der Waals surface area contributed by atoms with Crippen molar-refractivity contribution in [3.05, 3.63) is 57.2 Å². The number of carbonyl (C=O) groups is 3. The maximum atomic E-state index is 12.8. The Morgan fingerprint density at radius 3 is 2.65 bits per heavy atom. The molecule has 1 aromatic carbocycles. The molecule has 4 amide bonds. The van der Waals surface area contributed by atoms with Crippen LogP contribution in [-0.4, -0.2) is 35.8 Å². The van der Waals surface area contributed by atoms with Gasteiger partial charge in [-0.15, -0.1) is 11.3 Å². The van der Waals surface area contributed by atoms with Crippen LogP contribution in [0.2, 0.25) is 5.02 Å². The number of hydrogen-bond acceptors (Lipinski definition) is 4. The summed E-state index contributed by atoms with van der Waals surface area (Å²) in [4.78, 5) is 39.2. The van der Waals surface area contributed by atoms with E-state index in [2.05, 4.69) is 10.6 Å². The Morgan fingerprint density at radius 2 is 2.00 bits per heavy atom. The molecule has 26 heavy (non-hydrogen) atoms. The Labute approximate surface area is 160 Å². The summed E-state index contributed by atoms with van der Waals surface area (Å²) in [6.07, 6.45) is 0.714. The molecular weight excluding hydrogens is 374 g/mol. The van der Waals surface area contributed by atoms with E-state index in [1.54, 1.807) is 42.5 Å². The van der Waals surface area contributed by atoms with Crippen molar-refractivity contribution in [2.24, 2.45) is 0 Å². The van der Waals surface area contributed by atoms with E-state index in [1.807, 2.05) is 17.5 Å². The maximum Gasteiger partial charge on any atom is 0.325 e. The lowest BCUT2D eigenvalue weighted by atomic mass is 9.92. The van der Waals surface area contributed by atoms with Gasteiger partial charge in [0.15, 0.2) is 0 Å². The average Bonchev–Trinajstić information content (AvgIpc) is 3.19. The zero-order chi connectivity index (χ0) is 18.7. The van der Waals surface area contributed by atoms with E-state index in [0.717, 1.165) is 9.78 Å². The first-order chi connectivity index (χ1) is 12.4. The topological polar surface area (TPSA) is 78.5 Å². The first-order valence-corrected chi connectivity index (χ1v) is 9.35. The molecule has 0 bridgehead atoms. The van der Waals surface area contributed by atoms with Crippen LogP contribution in [0.1, 0.15) is 17.4 Å². The number of carbonyl (C=O) groups excluding carboxylic acids is 3. The van der Waals surface area contributed by atoms with Gasteiger partial charge in [-0.25, -0.2) is 4.79 Å². The Kier molecular flexibility index (Phi) is 5.29. The Morgan fingerprint density at radius 1 is 1.27 bits per heavy atom. The van der Waals surface area contributed by atoms with Crippen LogP contribution < -0.4 is 10.6 Å². The number of nitrogens with one attached hydrogen (secondary N) is 2. The summed E-state index contributed by atoms with van der Waals surface area (Å²) in [7, 11) is 0. The molecule has 1 fully saturated rings. The van der Waals surface area contributed by atoms with Crippen molar-refractivity contribution in [1.29, 1.82) is 0 Å². The van der Waals surface area contributed by atoms with Crippen molar-refractivity contribution >= 4 is 40.8 Å². The van der Waals surface area contributed by atoms with Gasteiger partial charge in [-0.1, -0.05) is 29.8 Å². The quantitative estimate of drug-likeness (QED) is 0.743. The number of hydrogen-bond donors (Lipinski definition) is 2. The second-order valence-electron chi connectivity index (χ2n) is 6.13. The molecule has 1 aromatic heterocycles. The molecule has 0 aliphatic carbocycles. The number of imide groups is 1. The van der Waals surface area contributed by atoms with Gasteiger partial charge >= 0.3 is 6.03 Å². The molecule has 1 saturated heterocycles. The molecule has 8 heteroatoms. The van der Waals surface area contributed by atoms with Crippen LogP contribution in [0.3, 0.4) is 0 Å². The van der Waals surface area contributed by atoms with Crippen molar-refractivity contribution in [2.45, 2.75) is 18.9 Å². The van der Waals surface area contributed by atoms with E-state index >= 15 is 0 Å². The highest BCUT2D eigenvalue weighted by Gasteiger charge is 2.49. The van der Waals surface area contributed by atoms with Gasteiger partial charge in [0.2, 0.25) is 5.91 Å². The van der Waals surface area contributed by atoms with Crippen molar-refractivity contribution in [3.8, 4) is 0 Å². The number of halogens is 1. The molecule has 0 unspecified atom stereocenters. The highest BCUT2D eigenvalue weighted by Crippen LogP contribution is 2.29. The molecule has 0 saturated carbocycles. The maximum absolute atomic E-state index is 12.8. The van der Waals surface area contributed by atoms with E-state index in [0.29, 0.717) is 23.6 Å². The van der Waals surface area contributed by atoms with Gasteiger partial charge in [0, 0.05) is 16.4 Å². The Hall–Kier alpha value is -2.38. The third kappa shape index (κ3) is 3.73. The van der Waals surface area contributed by atoms with E-state index in [-0.39, 0.29) is 12.5 Å². The lowest BCUT2D eigenvalue weighted by Gasteiger charge is -2.22. The van der Waals surface area contributed by atoms with Crippen molar-refractivity contribution < 1.29 is 14.4 Å². The third-order valence-corrected chi connectivity index (χ3v) is 5.46. The molecular formula is C18H18ClN3O3S. The molecule has 2 N–H and O–H groups in total. The fourth-order valence-electron chi connectivity index (χ4n) is 2.80. The second kappa shape index (κ2) is 7.47. The molecule has 136 valence electrons. The summed E-state index contributed by atoms with van der Waals surface area (Å²) in [5, 5.41) is 7.92.